The van der Waals surface area contributed by atoms with Crippen LogP contribution in [0.1, 0.15) is 15.9 Å². The third kappa shape index (κ3) is 3.94. The number of amides is 1. The molecule has 1 aliphatic heterocycles. The maximum absolute atomic E-state index is 12.7. The maximum atomic E-state index is 12.7. The summed E-state index contributed by atoms with van der Waals surface area (Å²) in [5.41, 5.74) is 2.77. The van der Waals surface area contributed by atoms with Gasteiger partial charge in [0.05, 0.1) is 5.69 Å². The van der Waals surface area contributed by atoms with Gasteiger partial charge in [0.15, 0.2) is 0 Å². The predicted octanol–water partition coefficient (Wildman–Crippen LogP) is 3.28. The minimum Gasteiger partial charge on any atom is -0.339 e. The molecule has 126 valence electrons. The number of hydrogen-bond acceptors (Lipinski definition) is 4. The van der Waals surface area contributed by atoms with Crippen LogP contribution in [0.2, 0.25) is 0 Å². The first-order valence-electron chi connectivity index (χ1n) is 8.00. The standard InChI is InChI=1S/C18H21BrN4O/c1-13-3-4-16(15(19)11-13)21-17-12-14(5-6-20-17)18(24)23-9-7-22(2)8-10-23/h3-6,11-12H,7-10H2,1-2H3,(H,20,21). The van der Waals surface area contributed by atoms with Gasteiger partial charge in [-0.15, -0.1) is 0 Å². The van der Waals surface area contributed by atoms with E-state index in [0.717, 1.165) is 36.3 Å². The van der Waals surface area contributed by atoms with E-state index in [0.29, 0.717) is 11.4 Å². The Labute approximate surface area is 150 Å². The van der Waals surface area contributed by atoms with Gasteiger partial charge in [0.2, 0.25) is 0 Å². The molecule has 0 unspecified atom stereocenters. The van der Waals surface area contributed by atoms with Gasteiger partial charge in [-0.3, -0.25) is 4.79 Å². The molecule has 5 nitrogen and oxygen atoms in total. The Balaban J connectivity index is 1.75. The zero-order chi connectivity index (χ0) is 17.1. The van der Waals surface area contributed by atoms with Crippen molar-refractivity contribution in [3.05, 3.63) is 52.1 Å². The average Bonchev–Trinajstić information content (AvgIpc) is 2.58. The van der Waals surface area contributed by atoms with E-state index in [1.807, 2.05) is 36.1 Å². The van der Waals surface area contributed by atoms with Crippen molar-refractivity contribution < 1.29 is 4.79 Å². The number of pyridine rings is 1. The Morgan fingerprint density at radius 1 is 1.17 bits per heavy atom. The molecule has 1 amide bonds. The summed E-state index contributed by atoms with van der Waals surface area (Å²) < 4.78 is 0.972. The highest BCUT2D eigenvalue weighted by molar-refractivity contribution is 9.10. The Morgan fingerprint density at radius 2 is 1.92 bits per heavy atom. The summed E-state index contributed by atoms with van der Waals surface area (Å²) in [4.78, 5) is 21.1. The third-order valence-electron chi connectivity index (χ3n) is 4.18. The van der Waals surface area contributed by atoms with E-state index < -0.39 is 0 Å². The quantitative estimate of drug-likeness (QED) is 0.876. The molecule has 1 fully saturated rings. The first-order chi connectivity index (χ1) is 11.5. The highest BCUT2D eigenvalue weighted by atomic mass is 79.9. The molecule has 1 saturated heterocycles. The summed E-state index contributed by atoms with van der Waals surface area (Å²) in [5.74, 6) is 0.732. The minimum absolute atomic E-state index is 0.0662. The van der Waals surface area contributed by atoms with Crippen LogP contribution < -0.4 is 5.32 Å². The van der Waals surface area contributed by atoms with Gasteiger partial charge in [-0.1, -0.05) is 6.07 Å². The largest absolute Gasteiger partial charge is 0.339 e. The molecule has 2 aromatic rings. The number of nitrogens with one attached hydrogen (secondary N) is 1. The van der Waals surface area contributed by atoms with Crippen molar-refractivity contribution in [3.63, 3.8) is 0 Å². The molecule has 0 aliphatic carbocycles. The zero-order valence-corrected chi connectivity index (χ0v) is 15.5. The second-order valence-electron chi connectivity index (χ2n) is 6.13. The van der Waals surface area contributed by atoms with Crippen LogP contribution in [0.25, 0.3) is 0 Å². The van der Waals surface area contributed by atoms with Crippen molar-refractivity contribution in [2.24, 2.45) is 0 Å². The molecular formula is C18H21BrN4O. The van der Waals surface area contributed by atoms with Gasteiger partial charge in [0, 0.05) is 42.4 Å². The van der Waals surface area contributed by atoms with Crippen molar-refractivity contribution in [2.75, 3.05) is 38.5 Å². The van der Waals surface area contributed by atoms with Crippen molar-refractivity contribution >= 4 is 33.3 Å². The molecule has 1 aromatic carbocycles. The number of anilines is 2. The van der Waals surface area contributed by atoms with Gasteiger partial charge >= 0.3 is 0 Å². The van der Waals surface area contributed by atoms with Gasteiger partial charge in [0.25, 0.3) is 5.91 Å². The Bertz CT molecular complexity index is 742. The number of rotatable bonds is 3. The second kappa shape index (κ2) is 7.32. The Hall–Kier alpha value is -1.92. The Kier molecular flexibility index (Phi) is 5.16. The molecule has 0 saturated carbocycles. The van der Waals surface area contributed by atoms with Gasteiger partial charge in [0.1, 0.15) is 5.82 Å². The number of nitrogens with zero attached hydrogens (tertiary/aromatic N) is 3. The van der Waals surface area contributed by atoms with Crippen LogP contribution in [0.3, 0.4) is 0 Å². The van der Waals surface area contributed by atoms with Crippen molar-refractivity contribution in [2.45, 2.75) is 6.92 Å². The molecular weight excluding hydrogens is 368 g/mol. The van der Waals surface area contributed by atoms with Crippen LogP contribution >= 0.6 is 15.9 Å². The lowest BCUT2D eigenvalue weighted by Gasteiger charge is -2.32. The van der Waals surface area contributed by atoms with Crippen LogP contribution in [0.5, 0.6) is 0 Å². The van der Waals surface area contributed by atoms with E-state index in [4.69, 9.17) is 0 Å². The van der Waals surface area contributed by atoms with Crippen molar-refractivity contribution in [1.29, 1.82) is 0 Å². The van der Waals surface area contributed by atoms with Gasteiger partial charge in [-0.25, -0.2) is 4.98 Å². The number of likely N-dealkylation sites (N-methyl/N-ethyl adjacent to an activating group) is 1. The van der Waals surface area contributed by atoms with E-state index in [1.165, 1.54) is 5.56 Å². The number of aryl methyl sites for hydroxylation is 1. The van der Waals surface area contributed by atoms with Crippen molar-refractivity contribution in [3.8, 4) is 0 Å². The summed E-state index contributed by atoms with van der Waals surface area (Å²) in [6, 6.07) is 9.66. The second-order valence-corrected chi connectivity index (χ2v) is 6.99. The molecule has 0 atom stereocenters. The van der Waals surface area contributed by atoms with E-state index in [1.54, 1.807) is 12.3 Å². The van der Waals surface area contributed by atoms with Crippen LogP contribution in [0.4, 0.5) is 11.5 Å². The van der Waals surface area contributed by atoms with Gasteiger partial charge in [-0.05, 0) is 59.7 Å². The van der Waals surface area contributed by atoms with E-state index in [9.17, 15) is 4.79 Å². The third-order valence-corrected chi connectivity index (χ3v) is 4.84. The predicted molar refractivity (Wildman–Crippen MR) is 99.8 cm³/mol. The number of aromatic nitrogens is 1. The van der Waals surface area contributed by atoms with Gasteiger partial charge in [-0.2, -0.15) is 0 Å². The van der Waals surface area contributed by atoms with E-state index >= 15 is 0 Å². The van der Waals surface area contributed by atoms with Crippen LogP contribution in [-0.2, 0) is 0 Å². The summed E-state index contributed by atoms with van der Waals surface area (Å²) in [6.07, 6.45) is 1.67. The fourth-order valence-corrected chi connectivity index (χ4v) is 3.28. The summed E-state index contributed by atoms with van der Waals surface area (Å²) >= 11 is 3.55. The maximum Gasteiger partial charge on any atom is 0.254 e. The Morgan fingerprint density at radius 3 is 2.62 bits per heavy atom. The zero-order valence-electron chi connectivity index (χ0n) is 13.9. The van der Waals surface area contributed by atoms with Crippen molar-refractivity contribution in [1.82, 2.24) is 14.8 Å². The molecule has 0 radical (unpaired) electrons. The number of carbonyl (C=O) groups is 1. The average molecular weight is 389 g/mol. The molecule has 0 spiro atoms. The molecule has 6 heteroatoms. The highest BCUT2D eigenvalue weighted by Crippen LogP contribution is 2.26. The lowest BCUT2D eigenvalue weighted by Crippen LogP contribution is -2.47. The first kappa shape index (κ1) is 16.9. The number of piperazine rings is 1. The van der Waals surface area contributed by atoms with Crippen LogP contribution in [-0.4, -0.2) is 53.9 Å². The molecule has 1 aromatic heterocycles. The smallest absolute Gasteiger partial charge is 0.254 e. The minimum atomic E-state index is 0.0662. The normalized spacial score (nSPS) is 15.4. The number of halogens is 1. The van der Waals surface area contributed by atoms with Crippen LogP contribution in [0, 0.1) is 6.92 Å². The summed E-state index contributed by atoms with van der Waals surface area (Å²) in [5, 5.41) is 3.27. The number of hydrogen-bond donors (Lipinski definition) is 1. The molecule has 1 N–H and O–H groups in total. The van der Waals surface area contributed by atoms with Crippen LogP contribution in [0.15, 0.2) is 41.0 Å². The summed E-state index contributed by atoms with van der Waals surface area (Å²) in [6.45, 7) is 5.41. The lowest BCUT2D eigenvalue weighted by molar-refractivity contribution is 0.0664. The van der Waals surface area contributed by atoms with E-state index in [2.05, 4.69) is 38.2 Å². The SMILES string of the molecule is Cc1ccc(Nc2cc(C(=O)N3CCN(C)CC3)ccn2)c(Br)c1. The molecule has 1 aliphatic rings. The fourth-order valence-electron chi connectivity index (χ4n) is 2.68. The number of benzene rings is 1. The molecule has 0 bridgehead atoms. The lowest BCUT2D eigenvalue weighted by atomic mass is 10.2. The molecule has 24 heavy (non-hydrogen) atoms. The first-order valence-corrected chi connectivity index (χ1v) is 8.79. The molecule has 2 heterocycles. The fraction of sp³-hybridized carbons (Fsp3) is 0.333. The highest BCUT2D eigenvalue weighted by Gasteiger charge is 2.20. The molecule has 3 rings (SSSR count). The van der Waals surface area contributed by atoms with E-state index in [-0.39, 0.29) is 5.91 Å². The monoisotopic (exact) mass is 388 g/mol. The summed E-state index contributed by atoms with van der Waals surface area (Å²) in [7, 11) is 2.08. The number of carbonyl (C=O) groups excluding carboxylic acids is 1. The van der Waals surface area contributed by atoms with Gasteiger partial charge < -0.3 is 15.1 Å². The topological polar surface area (TPSA) is 48.5 Å².